The zero-order valence-corrected chi connectivity index (χ0v) is 13.6. The molecule has 0 atom stereocenters. The quantitative estimate of drug-likeness (QED) is 0.746. The van der Waals surface area contributed by atoms with Gasteiger partial charge in [0, 0.05) is 6.42 Å². The zero-order chi connectivity index (χ0) is 16.7. The Kier molecular flexibility index (Phi) is 6.89. The SMILES string of the molecule is CC(C)COc1ccc(C(=O)O)cc1CCC(=O)OC(C)C. The molecule has 0 bridgehead atoms. The molecule has 5 heteroatoms. The van der Waals surface area contributed by atoms with E-state index in [4.69, 9.17) is 14.6 Å². The van der Waals surface area contributed by atoms with Crippen molar-refractivity contribution in [3.63, 3.8) is 0 Å². The maximum Gasteiger partial charge on any atom is 0.335 e. The summed E-state index contributed by atoms with van der Waals surface area (Å²) in [6.45, 7) is 8.19. The molecule has 0 aliphatic carbocycles. The second kappa shape index (κ2) is 8.41. The van der Waals surface area contributed by atoms with Crippen molar-refractivity contribution in [2.24, 2.45) is 5.92 Å². The van der Waals surface area contributed by atoms with E-state index in [1.54, 1.807) is 26.0 Å². The van der Waals surface area contributed by atoms with Gasteiger partial charge in [0.1, 0.15) is 5.75 Å². The van der Waals surface area contributed by atoms with Crippen molar-refractivity contribution >= 4 is 11.9 Å². The third-order valence-corrected chi connectivity index (χ3v) is 2.85. The molecule has 0 spiro atoms. The Labute approximate surface area is 131 Å². The third-order valence-electron chi connectivity index (χ3n) is 2.85. The van der Waals surface area contributed by atoms with Gasteiger partial charge in [-0.05, 0) is 49.9 Å². The van der Waals surface area contributed by atoms with Gasteiger partial charge in [0.25, 0.3) is 0 Å². The van der Waals surface area contributed by atoms with Crippen LogP contribution in [0.4, 0.5) is 0 Å². The molecule has 0 fully saturated rings. The molecule has 1 aromatic rings. The Morgan fingerprint density at radius 1 is 1.18 bits per heavy atom. The molecule has 0 amide bonds. The second-order valence-corrected chi connectivity index (χ2v) is 5.87. The minimum absolute atomic E-state index is 0.158. The molecule has 5 nitrogen and oxygen atoms in total. The van der Waals surface area contributed by atoms with Crippen molar-refractivity contribution < 1.29 is 24.2 Å². The molecule has 1 aromatic carbocycles. The molecule has 1 N–H and O–H groups in total. The van der Waals surface area contributed by atoms with Crippen LogP contribution in [-0.2, 0) is 16.0 Å². The lowest BCUT2D eigenvalue weighted by atomic mass is 10.0. The maximum atomic E-state index is 11.6. The van der Waals surface area contributed by atoms with Gasteiger partial charge in [-0.1, -0.05) is 13.8 Å². The Hall–Kier alpha value is -2.04. The number of carbonyl (C=O) groups is 2. The van der Waals surface area contributed by atoms with E-state index in [1.165, 1.54) is 6.07 Å². The predicted octanol–water partition coefficient (Wildman–Crippen LogP) is 3.30. The second-order valence-electron chi connectivity index (χ2n) is 5.87. The van der Waals surface area contributed by atoms with E-state index in [2.05, 4.69) is 0 Å². The summed E-state index contributed by atoms with van der Waals surface area (Å²) in [6.07, 6.45) is 0.425. The van der Waals surface area contributed by atoms with Crippen molar-refractivity contribution in [2.75, 3.05) is 6.61 Å². The lowest BCUT2D eigenvalue weighted by Crippen LogP contribution is -2.13. The third kappa shape index (κ3) is 6.16. The van der Waals surface area contributed by atoms with Gasteiger partial charge in [0.15, 0.2) is 0 Å². The number of esters is 1. The van der Waals surface area contributed by atoms with Gasteiger partial charge in [-0.15, -0.1) is 0 Å². The van der Waals surface area contributed by atoms with E-state index < -0.39 is 5.97 Å². The molecular formula is C17H24O5. The molecule has 0 aliphatic rings. The number of carboxylic acids is 1. The Balaban J connectivity index is 2.84. The topological polar surface area (TPSA) is 72.8 Å². The van der Waals surface area contributed by atoms with E-state index >= 15 is 0 Å². The number of carboxylic acid groups (broad SMARTS) is 1. The number of carbonyl (C=O) groups excluding carboxylic acids is 1. The molecule has 0 aromatic heterocycles. The van der Waals surface area contributed by atoms with Crippen LogP contribution in [0.3, 0.4) is 0 Å². The van der Waals surface area contributed by atoms with E-state index in [0.29, 0.717) is 30.3 Å². The fourth-order valence-electron chi connectivity index (χ4n) is 1.86. The first-order valence-corrected chi connectivity index (χ1v) is 7.48. The van der Waals surface area contributed by atoms with Crippen LogP contribution in [0.5, 0.6) is 5.75 Å². The molecule has 0 aliphatic heterocycles. The van der Waals surface area contributed by atoms with Crippen LogP contribution in [-0.4, -0.2) is 29.8 Å². The van der Waals surface area contributed by atoms with Crippen LogP contribution in [0.1, 0.15) is 50.0 Å². The zero-order valence-electron chi connectivity index (χ0n) is 13.6. The highest BCUT2D eigenvalue weighted by atomic mass is 16.5. The van der Waals surface area contributed by atoms with Gasteiger partial charge in [0.2, 0.25) is 0 Å². The summed E-state index contributed by atoms with van der Waals surface area (Å²) >= 11 is 0. The largest absolute Gasteiger partial charge is 0.493 e. The molecule has 122 valence electrons. The monoisotopic (exact) mass is 308 g/mol. The average Bonchev–Trinajstić information content (AvgIpc) is 2.42. The first-order valence-electron chi connectivity index (χ1n) is 7.48. The van der Waals surface area contributed by atoms with Gasteiger partial charge in [0.05, 0.1) is 18.3 Å². The first kappa shape index (κ1) is 18.0. The standard InChI is InChI=1S/C17H24O5/c1-11(2)10-21-15-7-5-14(17(19)20)9-13(15)6-8-16(18)22-12(3)4/h5,7,9,11-12H,6,8,10H2,1-4H3,(H,19,20). The number of hydrogen-bond acceptors (Lipinski definition) is 4. The number of benzene rings is 1. The minimum atomic E-state index is -0.999. The smallest absolute Gasteiger partial charge is 0.335 e. The molecular weight excluding hydrogens is 284 g/mol. The molecule has 0 saturated carbocycles. The van der Waals surface area contributed by atoms with Crippen molar-refractivity contribution in [1.29, 1.82) is 0 Å². The van der Waals surface area contributed by atoms with E-state index in [9.17, 15) is 9.59 Å². The Morgan fingerprint density at radius 2 is 1.86 bits per heavy atom. The lowest BCUT2D eigenvalue weighted by molar-refractivity contribution is -0.147. The van der Waals surface area contributed by atoms with Crippen LogP contribution in [0.25, 0.3) is 0 Å². The highest BCUT2D eigenvalue weighted by Gasteiger charge is 2.13. The van der Waals surface area contributed by atoms with Crippen LogP contribution >= 0.6 is 0 Å². The molecule has 0 saturated heterocycles. The molecule has 0 heterocycles. The van der Waals surface area contributed by atoms with Crippen LogP contribution in [0.2, 0.25) is 0 Å². The predicted molar refractivity (Wildman–Crippen MR) is 83.3 cm³/mol. The average molecular weight is 308 g/mol. The van der Waals surface area contributed by atoms with Crippen LogP contribution in [0.15, 0.2) is 18.2 Å². The summed E-state index contributed by atoms with van der Waals surface area (Å²) in [5, 5.41) is 9.08. The number of aromatic carboxylic acids is 1. The van der Waals surface area contributed by atoms with Crippen molar-refractivity contribution in [3.05, 3.63) is 29.3 Å². The van der Waals surface area contributed by atoms with Crippen LogP contribution in [0, 0.1) is 5.92 Å². The van der Waals surface area contributed by atoms with Crippen LogP contribution < -0.4 is 4.74 Å². The fourth-order valence-corrected chi connectivity index (χ4v) is 1.86. The van der Waals surface area contributed by atoms with Gasteiger partial charge < -0.3 is 14.6 Å². The highest BCUT2D eigenvalue weighted by molar-refractivity contribution is 5.88. The summed E-state index contributed by atoms with van der Waals surface area (Å²) in [5.74, 6) is -0.319. The normalized spacial score (nSPS) is 10.8. The minimum Gasteiger partial charge on any atom is -0.493 e. The first-order chi connectivity index (χ1) is 10.3. The summed E-state index contributed by atoms with van der Waals surface area (Å²) in [5.41, 5.74) is 0.894. The van der Waals surface area contributed by atoms with Gasteiger partial charge >= 0.3 is 11.9 Å². The van der Waals surface area contributed by atoms with Crippen molar-refractivity contribution in [3.8, 4) is 5.75 Å². The van der Waals surface area contributed by atoms with Gasteiger partial charge in [-0.25, -0.2) is 4.79 Å². The summed E-state index contributed by atoms with van der Waals surface area (Å²) in [4.78, 5) is 22.7. The number of aryl methyl sites for hydroxylation is 1. The number of rotatable bonds is 8. The van der Waals surface area contributed by atoms with Crippen molar-refractivity contribution in [1.82, 2.24) is 0 Å². The summed E-state index contributed by atoms with van der Waals surface area (Å²) < 4.78 is 10.8. The van der Waals surface area contributed by atoms with Gasteiger partial charge in [-0.2, -0.15) is 0 Å². The molecule has 1 rings (SSSR count). The van der Waals surface area contributed by atoms with Crippen molar-refractivity contribution in [2.45, 2.75) is 46.6 Å². The van der Waals surface area contributed by atoms with E-state index in [-0.39, 0.29) is 24.1 Å². The number of ether oxygens (including phenoxy) is 2. The van der Waals surface area contributed by atoms with Gasteiger partial charge in [-0.3, -0.25) is 4.79 Å². The molecule has 22 heavy (non-hydrogen) atoms. The Bertz CT molecular complexity index is 520. The lowest BCUT2D eigenvalue weighted by Gasteiger charge is -2.14. The Morgan fingerprint density at radius 3 is 2.41 bits per heavy atom. The fraction of sp³-hybridized carbons (Fsp3) is 0.529. The highest BCUT2D eigenvalue weighted by Crippen LogP contribution is 2.23. The molecule has 0 radical (unpaired) electrons. The molecule has 0 unspecified atom stereocenters. The summed E-state index contributed by atoms with van der Waals surface area (Å²) in [7, 11) is 0. The number of hydrogen-bond donors (Lipinski definition) is 1. The summed E-state index contributed by atoms with van der Waals surface area (Å²) in [6, 6.07) is 4.71. The van der Waals surface area contributed by atoms with E-state index in [0.717, 1.165) is 0 Å². The van der Waals surface area contributed by atoms with E-state index in [1.807, 2.05) is 13.8 Å². The maximum absolute atomic E-state index is 11.6.